The molecule has 1 aromatic heterocycles. The number of phenolic OH excluding ortho intramolecular Hbond substituents is 1. The van der Waals surface area contributed by atoms with Crippen molar-refractivity contribution in [1.82, 2.24) is 14.9 Å². The molecule has 2 aromatic carbocycles. The molecule has 0 bridgehead atoms. The van der Waals surface area contributed by atoms with Crippen LogP contribution in [-0.2, 0) is 17.7 Å². The Morgan fingerprint density at radius 2 is 2.06 bits per heavy atom. The molecule has 2 aliphatic heterocycles. The number of nitrogens with zero attached hydrogens (tertiary/aromatic N) is 4. The molecule has 0 radical (unpaired) electrons. The quantitative estimate of drug-likeness (QED) is 0.593. The molecular weight excluding hydrogens is 418 g/mol. The van der Waals surface area contributed by atoms with E-state index >= 15 is 0 Å². The van der Waals surface area contributed by atoms with Gasteiger partial charge in [-0.15, -0.1) is 0 Å². The van der Waals surface area contributed by atoms with Crippen LogP contribution >= 0.6 is 0 Å². The number of likely N-dealkylation sites (tertiary alicyclic amines) is 1. The second kappa shape index (κ2) is 9.03. The van der Waals surface area contributed by atoms with Gasteiger partial charge in [0.1, 0.15) is 17.7 Å². The van der Waals surface area contributed by atoms with Crippen molar-refractivity contribution in [2.75, 3.05) is 43.9 Å². The van der Waals surface area contributed by atoms with Crippen LogP contribution in [0.25, 0.3) is 10.8 Å². The second-order valence-corrected chi connectivity index (χ2v) is 9.01. The Bertz CT molecular complexity index is 1150. The second-order valence-electron chi connectivity index (χ2n) is 9.01. The lowest BCUT2D eigenvalue weighted by atomic mass is 10.0. The number of nitrogens with two attached hydrogens (primary N) is 1. The minimum Gasteiger partial charge on any atom is -0.508 e. The maximum Gasteiger partial charge on any atom is 0.318 e. The molecule has 2 atom stereocenters. The van der Waals surface area contributed by atoms with Crippen LogP contribution in [0.4, 0.5) is 11.5 Å². The van der Waals surface area contributed by atoms with Gasteiger partial charge in [0.05, 0.1) is 18.3 Å². The number of aromatic hydroxyl groups is 1. The van der Waals surface area contributed by atoms with Gasteiger partial charge in [0.15, 0.2) is 0 Å². The molecule has 0 amide bonds. The van der Waals surface area contributed by atoms with Gasteiger partial charge in [-0.2, -0.15) is 9.97 Å². The van der Waals surface area contributed by atoms with Crippen molar-refractivity contribution in [2.45, 2.75) is 38.5 Å². The predicted octanol–water partition coefficient (Wildman–Crippen LogP) is 2.97. The van der Waals surface area contributed by atoms with Crippen molar-refractivity contribution < 1.29 is 14.6 Å². The Morgan fingerprint density at radius 1 is 1.21 bits per heavy atom. The van der Waals surface area contributed by atoms with Crippen LogP contribution < -0.4 is 15.4 Å². The monoisotopic (exact) mass is 449 g/mol. The van der Waals surface area contributed by atoms with Crippen molar-refractivity contribution in [1.29, 1.82) is 0 Å². The maximum atomic E-state index is 10.3. The van der Waals surface area contributed by atoms with Crippen molar-refractivity contribution in [3.63, 3.8) is 0 Å². The minimum absolute atomic E-state index is 0.0623. The summed E-state index contributed by atoms with van der Waals surface area (Å²) >= 11 is 0. The van der Waals surface area contributed by atoms with Gasteiger partial charge in [-0.3, -0.25) is 4.90 Å². The van der Waals surface area contributed by atoms with Crippen molar-refractivity contribution in [3.8, 4) is 11.8 Å². The van der Waals surface area contributed by atoms with Gasteiger partial charge >= 0.3 is 6.01 Å². The molecule has 8 nitrogen and oxygen atoms in total. The molecule has 0 spiro atoms. The Labute approximate surface area is 193 Å². The van der Waals surface area contributed by atoms with Crippen molar-refractivity contribution in [3.05, 3.63) is 47.7 Å². The summed E-state index contributed by atoms with van der Waals surface area (Å²) in [7, 11) is 1.76. The third-order valence-corrected chi connectivity index (χ3v) is 6.63. The number of rotatable bonds is 6. The number of nitrogen functional groups attached to an aromatic ring is 1. The summed E-state index contributed by atoms with van der Waals surface area (Å²) < 4.78 is 11.5. The predicted molar refractivity (Wildman–Crippen MR) is 129 cm³/mol. The molecule has 1 saturated heterocycles. The van der Waals surface area contributed by atoms with Gasteiger partial charge < -0.3 is 25.2 Å². The highest BCUT2D eigenvalue weighted by molar-refractivity contribution is 5.95. The van der Waals surface area contributed by atoms with Gasteiger partial charge in [-0.1, -0.05) is 24.3 Å². The third-order valence-electron chi connectivity index (χ3n) is 6.63. The number of methoxy groups -OCH3 is 1. The van der Waals surface area contributed by atoms with E-state index in [1.807, 2.05) is 31.2 Å². The Kier molecular flexibility index (Phi) is 5.95. The number of ether oxygens (including phenoxy) is 2. The third kappa shape index (κ3) is 4.54. The first-order chi connectivity index (χ1) is 16.0. The average molecular weight is 450 g/mol. The molecular formula is C25H31N5O3. The number of hydrogen-bond donors (Lipinski definition) is 2. The Hall–Kier alpha value is -3.10. The molecule has 2 aliphatic rings. The van der Waals surface area contributed by atoms with Crippen LogP contribution in [0, 0.1) is 0 Å². The molecule has 3 N–H and O–H groups in total. The number of phenols is 1. The maximum absolute atomic E-state index is 10.3. The standard InChI is InChI=1S/C25H31N5O3/c1-16(13-29-9-7-19(14-29)32-2)33-25-27-22-15-30(10-8-21(22)24(26)28-25)23-12-18(31)11-17-5-3-4-6-20(17)23/h3-6,11-12,16,19,31H,7-10,13-15H2,1-2H3,(H2,26,27,28)/t16-,19-/m1/s1. The summed E-state index contributed by atoms with van der Waals surface area (Å²) in [4.78, 5) is 13.8. The van der Waals surface area contributed by atoms with Crippen LogP contribution in [0.3, 0.4) is 0 Å². The lowest BCUT2D eigenvalue weighted by molar-refractivity contribution is 0.0970. The van der Waals surface area contributed by atoms with Gasteiger partial charge in [0, 0.05) is 56.0 Å². The highest BCUT2D eigenvalue weighted by Crippen LogP contribution is 2.35. The number of hydrogen-bond acceptors (Lipinski definition) is 8. The normalized spacial score (nSPS) is 19.6. The van der Waals surface area contributed by atoms with Gasteiger partial charge in [0.2, 0.25) is 0 Å². The summed E-state index contributed by atoms with van der Waals surface area (Å²) in [5.41, 5.74) is 9.15. The van der Waals surface area contributed by atoms with Crippen LogP contribution in [0.15, 0.2) is 36.4 Å². The largest absolute Gasteiger partial charge is 0.508 e. The average Bonchev–Trinajstić information content (AvgIpc) is 3.25. The molecule has 0 saturated carbocycles. The first kappa shape index (κ1) is 21.7. The summed E-state index contributed by atoms with van der Waals surface area (Å²) in [6, 6.07) is 12.0. The zero-order chi connectivity index (χ0) is 22.9. The molecule has 8 heteroatoms. The van der Waals surface area contributed by atoms with Crippen molar-refractivity contribution >= 4 is 22.3 Å². The molecule has 3 heterocycles. The van der Waals surface area contributed by atoms with E-state index in [0.29, 0.717) is 24.5 Å². The van der Waals surface area contributed by atoms with E-state index in [2.05, 4.69) is 20.9 Å². The van der Waals surface area contributed by atoms with E-state index in [1.54, 1.807) is 13.2 Å². The summed E-state index contributed by atoms with van der Waals surface area (Å²) in [5.74, 6) is 0.746. The van der Waals surface area contributed by atoms with E-state index < -0.39 is 0 Å². The SMILES string of the molecule is CO[C@@H]1CCN(C[C@@H](C)Oc2nc(N)c3c(n2)CN(c2cc(O)cc4ccccc24)CC3)C1. The van der Waals surface area contributed by atoms with E-state index in [0.717, 1.165) is 66.7 Å². The molecule has 174 valence electrons. The topological polar surface area (TPSA) is 97.0 Å². The van der Waals surface area contributed by atoms with E-state index in [9.17, 15) is 5.11 Å². The Balaban J connectivity index is 1.34. The number of fused-ring (bicyclic) bond motifs is 2. The lowest BCUT2D eigenvalue weighted by Gasteiger charge is -2.31. The van der Waals surface area contributed by atoms with Crippen molar-refractivity contribution in [2.24, 2.45) is 0 Å². The highest BCUT2D eigenvalue weighted by atomic mass is 16.5. The van der Waals surface area contributed by atoms with E-state index in [1.165, 1.54) is 0 Å². The van der Waals surface area contributed by atoms with Crippen LogP contribution in [0.2, 0.25) is 0 Å². The summed E-state index contributed by atoms with van der Waals surface area (Å²) in [6.45, 7) is 6.12. The van der Waals surface area contributed by atoms with Gasteiger partial charge in [-0.05, 0) is 31.2 Å². The fraction of sp³-hybridized carbons (Fsp3) is 0.440. The number of aromatic nitrogens is 2. The highest BCUT2D eigenvalue weighted by Gasteiger charge is 2.26. The summed E-state index contributed by atoms with van der Waals surface area (Å²) in [6.07, 6.45) is 2.03. The lowest BCUT2D eigenvalue weighted by Crippen LogP contribution is -2.34. The molecule has 1 fully saturated rings. The molecule has 3 aromatic rings. The minimum atomic E-state index is -0.0623. The first-order valence-electron chi connectivity index (χ1n) is 11.5. The fourth-order valence-electron chi connectivity index (χ4n) is 4.97. The number of benzene rings is 2. The summed E-state index contributed by atoms with van der Waals surface area (Å²) in [5, 5.41) is 12.4. The van der Waals surface area contributed by atoms with E-state index in [4.69, 9.17) is 20.2 Å². The zero-order valence-corrected chi connectivity index (χ0v) is 19.2. The molecule has 33 heavy (non-hydrogen) atoms. The fourth-order valence-corrected chi connectivity index (χ4v) is 4.97. The molecule has 0 unspecified atom stereocenters. The van der Waals surface area contributed by atoms with Gasteiger partial charge in [0.25, 0.3) is 0 Å². The zero-order valence-electron chi connectivity index (χ0n) is 19.2. The molecule has 5 rings (SSSR count). The van der Waals surface area contributed by atoms with E-state index in [-0.39, 0.29) is 11.9 Å². The smallest absolute Gasteiger partial charge is 0.318 e. The van der Waals surface area contributed by atoms with Crippen LogP contribution in [-0.4, -0.2) is 65.5 Å². The first-order valence-corrected chi connectivity index (χ1v) is 11.5. The van der Waals surface area contributed by atoms with Crippen LogP contribution in [0.1, 0.15) is 24.6 Å². The van der Waals surface area contributed by atoms with Gasteiger partial charge in [-0.25, -0.2) is 0 Å². The number of anilines is 2. The molecule has 0 aliphatic carbocycles. The Morgan fingerprint density at radius 3 is 2.88 bits per heavy atom. The van der Waals surface area contributed by atoms with Crippen LogP contribution in [0.5, 0.6) is 11.8 Å².